The van der Waals surface area contributed by atoms with Crippen LogP contribution >= 0.6 is 11.6 Å². The van der Waals surface area contributed by atoms with Gasteiger partial charge in [-0.15, -0.1) is 0 Å². The summed E-state index contributed by atoms with van der Waals surface area (Å²) in [6.07, 6.45) is -9.85. The van der Waals surface area contributed by atoms with E-state index in [0.29, 0.717) is 22.0 Å². The third kappa shape index (κ3) is 6.36. The number of fused-ring (bicyclic) bond motifs is 1. The molecule has 2 amide bonds. The zero-order chi connectivity index (χ0) is 27.7. The Balaban J connectivity index is 1.53. The van der Waals surface area contributed by atoms with Crippen LogP contribution in [-0.2, 0) is 15.8 Å². The highest BCUT2D eigenvalue weighted by Crippen LogP contribution is 2.37. The molecular weight excluding hydrogens is 540 g/mol. The minimum atomic E-state index is -4.59. The lowest BCUT2D eigenvalue weighted by Gasteiger charge is -2.14. The second kappa shape index (κ2) is 10.5. The molecule has 200 valence electrons. The molecule has 0 radical (unpaired) electrons. The number of alkyl halides is 6. The lowest BCUT2D eigenvalue weighted by atomic mass is 9.93. The Morgan fingerprint density at radius 2 is 1.68 bits per heavy atom. The maximum atomic E-state index is 13.2. The standard InChI is InChI=1S/C25H18ClF6N3O3/c26-15-8-13(7-14(9-15)25(30,31)32)21-10-20(35-38-21)18-5-6-19(17-4-2-1-3-16(17)18)23(37)33-11-22(36)34-12-24(27,28)29/h1-9,21H,10-12H2,(H,33,37)(H,34,36). The first-order chi connectivity index (χ1) is 17.8. The van der Waals surface area contributed by atoms with Crippen LogP contribution in [0.3, 0.4) is 0 Å². The highest BCUT2D eigenvalue weighted by atomic mass is 35.5. The average molecular weight is 558 g/mol. The molecule has 13 heteroatoms. The van der Waals surface area contributed by atoms with Crippen LogP contribution in [0, 0.1) is 0 Å². The summed E-state index contributed by atoms with van der Waals surface area (Å²) in [6.45, 7) is -2.18. The van der Waals surface area contributed by atoms with Gasteiger partial charge in [0, 0.05) is 22.6 Å². The van der Waals surface area contributed by atoms with Crippen molar-refractivity contribution in [1.82, 2.24) is 10.6 Å². The second-order valence-corrected chi connectivity index (χ2v) is 8.82. The molecule has 0 spiro atoms. The molecule has 0 saturated carbocycles. The molecule has 1 heterocycles. The van der Waals surface area contributed by atoms with Gasteiger partial charge in [-0.25, -0.2) is 0 Å². The van der Waals surface area contributed by atoms with Gasteiger partial charge in [-0.1, -0.05) is 47.1 Å². The van der Waals surface area contributed by atoms with Gasteiger partial charge >= 0.3 is 12.4 Å². The Morgan fingerprint density at radius 3 is 2.37 bits per heavy atom. The molecule has 2 N–H and O–H groups in total. The second-order valence-electron chi connectivity index (χ2n) is 8.39. The van der Waals surface area contributed by atoms with Gasteiger partial charge in [0.2, 0.25) is 5.91 Å². The van der Waals surface area contributed by atoms with Gasteiger partial charge in [0.1, 0.15) is 6.54 Å². The van der Waals surface area contributed by atoms with E-state index in [0.717, 1.165) is 12.1 Å². The summed E-state index contributed by atoms with van der Waals surface area (Å²) in [5.74, 6) is -1.69. The molecule has 1 unspecified atom stereocenters. The lowest BCUT2D eigenvalue weighted by molar-refractivity contribution is -0.137. The van der Waals surface area contributed by atoms with E-state index in [-0.39, 0.29) is 22.6 Å². The van der Waals surface area contributed by atoms with Crippen molar-refractivity contribution < 1.29 is 40.8 Å². The van der Waals surface area contributed by atoms with Gasteiger partial charge in [-0.3, -0.25) is 9.59 Å². The number of hydrogen-bond donors (Lipinski definition) is 2. The first-order valence-electron chi connectivity index (χ1n) is 11.1. The lowest BCUT2D eigenvalue weighted by Crippen LogP contribution is -2.40. The highest BCUT2D eigenvalue weighted by Gasteiger charge is 2.33. The number of rotatable bonds is 6. The van der Waals surface area contributed by atoms with Crippen LogP contribution in [0.5, 0.6) is 0 Å². The summed E-state index contributed by atoms with van der Waals surface area (Å²) in [6, 6.07) is 12.9. The number of halogens is 7. The van der Waals surface area contributed by atoms with Crippen molar-refractivity contribution in [3.63, 3.8) is 0 Å². The van der Waals surface area contributed by atoms with Gasteiger partial charge in [0.05, 0.1) is 17.8 Å². The van der Waals surface area contributed by atoms with Crippen molar-refractivity contribution in [2.24, 2.45) is 5.16 Å². The molecule has 3 aromatic carbocycles. The van der Waals surface area contributed by atoms with Crippen molar-refractivity contribution in [2.45, 2.75) is 24.9 Å². The molecular formula is C25H18ClF6N3O3. The Morgan fingerprint density at radius 1 is 0.974 bits per heavy atom. The minimum absolute atomic E-state index is 0.0974. The Bertz CT molecular complexity index is 1420. The molecule has 3 aromatic rings. The highest BCUT2D eigenvalue weighted by molar-refractivity contribution is 6.30. The van der Waals surface area contributed by atoms with Crippen LogP contribution in [0.2, 0.25) is 5.02 Å². The smallest absolute Gasteiger partial charge is 0.387 e. The van der Waals surface area contributed by atoms with Crippen molar-refractivity contribution in [3.8, 4) is 0 Å². The number of benzene rings is 3. The largest absolute Gasteiger partial charge is 0.416 e. The monoisotopic (exact) mass is 557 g/mol. The van der Waals surface area contributed by atoms with Crippen molar-refractivity contribution in [1.29, 1.82) is 0 Å². The van der Waals surface area contributed by atoms with Gasteiger partial charge in [0.25, 0.3) is 5.91 Å². The van der Waals surface area contributed by atoms with E-state index in [1.807, 2.05) is 0 Å². The van der Waals surface area contributed by atoms with E-state index in [9.17, 15) is 35.9 Å². The number of hydrogen-bond acceptors (Lipinski definition) is 4. The Kier molecular flexibility index (Phi) is 7.54. The number of carbonyl (C=O) groups is 2. The third-order valence-electron chi connectivity index (χ3n) is 5.66. The van der Waals surface area contributed by atoms with Crippen molar-refractivity contribution >= 4 is 39.9 Å². The minimum Gasteiger partial charge on any atom is -0.387 e. The average Bonchev–Trinajstić information content (AvgIpc) is 3.34. The van der Waals surface area contributed by atoms with Crippen LogP contribution in [-0.4, -0.2) is 36.8 Å². The first-order valence-corrected chi connectivity index (χ1v) is 11.4. The maximum absolute atomic E-state index is 13.2. The SMILES string of the molecule is O=C(CNC(=O)c1ccc(C2=NOC(c3cc(Cl)cc(C(F)(F)F)c3)C2)c2ccccc12)NCC(F)(F)F. The van der Waals surface area contributed by atoms with Crippen LogP contribution < -0.4 is 10.6 Å². The fourth-order valence-corrected chi connectivity index (χ4v) is 4.19. The van der Waals surface area contributed by atoms with Gasteiger partial charge in [-0.05, 0) is 40.6 Å². The van der Waals surface area contributed by atoms with Crippen molar-refractivity contribution in [3.05, 3.63) is 81.9 Å². The van der Waals surface area contributed by atoms with E-state index in [2.05, 4.69) is 10.5 Å². The molecule has 1 atom stereocenters. The Hall–Kier alpha value is -3.80. The number of amides is 2. The molecule has 0 aliphatic carbocycles. The molecule has 1 aliphatic heterocycles. The predicted octanol–water partition coefficient (Wildman–Crippen LogP) is 5.79. The quantitative estimate of drug-likeness (QED) is 0.377. The summed E-state index contributed by atoms with van der Waals surface area (Å²) in [4.78, 5) is 29.8. The van der Waals surface area contributed by atoms with Crippen LogP contribution in [0.15, 0.2) is 59.8 Å². The van der Waals surface area contributed by atoms with Gasteiger partial charge in [-0.2, -0.15) is 26.3 Å². The molecule has 0 bridgehead atoms. The normalized spacial score (nSPS) is 15.7. The summed E-state index contributed by atoms with van der Waals surface area (Å²) >= 11 is 5.89. The molecule has 1 aliphatic rings. The Labute approximate surface area is 216 Å². The number of nitrogens with zero attached hydrogens (tertiary/aromatic N) is 1. The summed E-state index contributed by atoms with van der Waals surface area (Å²) < 4.78 is 76.4. The van der Waals surface area contributed by atoms with E-state index in [1.165, 1.54) is 12.1 Å². The van der Waals surface area contributed by atoms with Gasteiger partial charge in [0.15, 0.2) is 6.10 Å². The predicted molar refractivity (Wildman–Crippen MR) is 127 cm³/mol. The third-order valence-corrected chi connectivity index (χ3v) is 5.88. The number of oxime groups is 1. The van der Waals surface area contributed by atoms with Crippen LogP contribution in [0.25, 0.3) is 10.8 Å². The number of nitrogens with one attached hydrogen (secondary N) is 2. The molecule has 6 nitrogen and oxygen atoms in total. The topological polar surface area (TPSA) is 79.8 Å². The first kappa shape index (κ1) is 27.2. The zero-order valence-electron chi connectivity index (χ0n) is 19.2. The van der Waals surface area contributed by atoms with Crippen molar-refractivity contribution in [2.75, 3.05) is 13.1 Å². The molecule has 0 saturated heterocycles. The summed E-state index contributed by atoms with van der Waals surface area (Å²) in [5.41, 5.74) is 0.449. The van der Waals surface area contributed by atoms with E-state index >= 15 is 0 Å². The molecule has 0 aromatic heterocycles. The molecule has 0 fully saturated rings. The molecule has 38 heavy (non-hydrogen) atoms. The summed E-state index contributed by atoms with van der Waals surface area (Å²) in [5, 5.41) is 8.96. The summed E-state index contributed by atoms with van der Waals surface area (Å²) in [7, 11) is 0. The fourth-order valence-electron chi connectivity index (χ4n) is 3.94. The van der Waals surface area contributed by atoms with E-state index < -0.39 is 48.9 Å². The van der Waals surface area contributed by atoms with Gasteiger partial charge < -0.3 is 15.5 Å². The van der Waals surface area contributed by atoms with Crippen LogP contribution in [0.4, 0.5) is 26.3 Å². The number of carbonyl (C=O) groups excluding carboxylic acids is 2. The zero-order valence-corrected chi connectivity index (χ0v) is 20.0. The molecule has 4 rings (SSSR count). The fraction of sp³-hybridized carbons (Fsp3) is 0.240. The van der Waals surface area contributed by atoms with E-state index in [4.69, 9.17) is 16.4 Å². The van der Waals surface area contributed by atoms with Crippen LogP contribution in [0.1, 0.15) is 39.6 Å². The van der Waals surface area contributed by atoms with E-state index in [1.54, 1.807) is 35.6 Å². The maximum Gasteiger partial charge on any atom is 0.416 e.